The van der Waals surface area contributed by atoms with Crippen LogP contribution in [0.5, 0.6) is 0 Å². The number of aliphatic imine (C=N–C) groups is 1. The molecule has 3 heteroatoms. The molecular formula is C9H19InN2. The summed E-state index contributed by atoms with van der Waals surface area (Å²) in [4.78, 5) is 3.90. The summed E-state index contributed by atoms with van der Waals surface area (Å²) in [5, 5.41) is 0. The monoisotopic (exact) mass is 270 g/mol. The predicted octanol–water partition coefficient (Wildman–Crippen LogP) is 2.16. The van der Waals surface area contributed by atoms with E-state index in [0.717, 1.165) is 0 Å². The quantitative estimate of drug-likeness (QED) is 0.699. The molecule has 0 unspecified atom stereocenters. The second kappa shape index (κ2) is 7.71. The molecule has 0 N–H and O–H groups in total. The second-order valence-electron chi connectivity index (χ2n) is 2.88. The van der Waals surface area contributed by atoms with Gasteiger partial charge in [-0.25, -0.2) is 0 Å². The number of rotatable bonds is 5. The fourth-order valence-electron chi connectivity index (χ4n) is 1.25. The number of allylic oxidation sites excluding steroid dienone is 1. The molecule has 0 fully saturated rings. The molecule has 0 spiro atoms. The van der Waals surface area contributed by atoms with Crippen molar-refractivity contribution in [1.29, 1.82) is 0 Å². The van der Waals surface area contributed by atoms with Crippen molar-refractivity contribution >= 4 is 27.9 Å². The Morgan fingerprint density at radius 2 is 1.92 bits per heavy atom. The molecule has 0 aliphatic rings. The zero-order chi connectivity index (χ0) is 9.40. The molecule has 0 bridgehead atoms. The van der Waals surface area contributed by atoms with Crippen molar-refractivity contribution in [3.8, 4) is 0 Å². The molecular weight excluding hydrogens is 251 g/mol. The van der Waals surface area contributed by atoms with E-state index in [1.54, 1.807) is 7.05 Å². The first-order valence-corrected chi connectivity index (χ1v) is 10.7. The van der Waals surface area contributed by atoms with Gasteiger partial charge < -0.3 is 0 Å². The molecule has 0 aromatic rings. The van der Waals surface area contributed by atoms with Gasteiger partial charge >= 0.3 is 84.4 Å². The van der Waals surface area contributed by atoms with Gasteiger partial charge in [-0.3, -0.25) is 0 Å². The standard InChI is InChI=1S/C5H9N2.2C2H5.In/c1-6-4-3-5-7-2;2*1-2;/h3-5H,1-2H3;2*1H2,2H3;/q-1;;;+1/b4-3-,7-5?;;;. The van der Waals surface area contributed by atoms with Crippen LogP contribution in [0.1, 0.15) is 13.8 Å². The molecule has 12 heavy (non-hydrogen) atoms. The molecule has 0 radical (unpaired) electrons. The van der Waals surface area contributed by atoms with Crippen LogP contribution < -0.4 is 0 Å². The number of hydrogen-bond acceptors (Lipinski definition) is 2. The van der Waals surface area contributed by atoms with Gasteiger partial charge in [-0.15, -0.1) is 0 Å². The van der Waals surface area contributed by atoms with Crippen LogP contribution in [0.25, 0.3) is 0 Å². The van der Waals surface area contributed by atoms with Gasteiger partial charge in [0.15, 0.2) is 0 Å². The molecule has 0 amide bonds. The summed E-state index contributed by atoms with van der Waals surface area (Å²) in [5.74, 6) is 0. The van der Waals surface area contributed by atoms with Gasteiger partial charge in [0.25, 0.3) is 0 Å². The van der Waals surface area contributed by atoms with Crippen LogP contribution in [0.15, 0.2) is 17.3 Å². The average Bonchev–Trinajstić information content (AvgIpc) is 2.07. The van der Waals surface area contributed by atoms with E-state index in [1.165, 1.54) is 8.35 Å². The third-order valence-electron chi connectivity index (χ3n) is 2.07. The first-order valence-electron chi connectivity index (χ1n) is 4.57. The Labute approximate surface area is 84.3 Å². The van der Waals surface area contributed by atoms with Gasteiger partial charge in [-0.1, -0.05) is 0 Å². The summed E-state index contributed by atoms with van der Waals surface area (Å²) in [6.45, 7) is 4.62. The Balaban J connectivity index is 3.90. The van der Waals surface area contributed by atoms with Gasteiger partial charge in [0.2, 0.25) is 0 Å². The minimum absolute atomic E-state index is 1.31. The van der Waals surface area contributed by atoms with Crippen LogP contribution in [-0.4, -0.2) is 44.9 Å². The summed E-state index contributed by atoms with van der Waals surface area (Å²) in [5.41, 5.74) is 0. The van der Waals surface area contributed by atoms with Crippen LogP contribution in [0.3, 0.4) is 0 Å². The molecule has 0 aliphatic heterocycles. The van der Waals surface area contributed by atoms with Gasteiger partial charge in [0.05, 0.1) is 0 Å². The van der Waals surface area contributed by atoms with E-state index >= 15 is 0 Å². The third kappa shape index (κ3) is 4.86. The SMILES string of the molecule is C[CH2][In]([CH2]C)[N](C)/C=C\C=NC. The van der Waals surface area contributed by atoms with Crippen molar-refractivity contribution in [3.05, 3.63) is 12.3 Å². The summed E-state index contributed by atoms with van der Waals surface area (Å²) < 4.78 is 5.26. The minimum atomic E-state index is -1.31. The maximum atomic E-state index is 3.90. The molecule has 0 heterocycles. The Bertz CT molecular complexity index is 151. The number of hydrogen-bond donors (Lipinski definition) is 0. The van der Waals surface area contributed by atoms with Crippen LogP contribution >= 0.6 is 0 Å². The second-order valence-corrected chi connectivity index (χ2v) is 13.6. The molecule has 0 aromatic heterocycles. The molecule has 0 rings (SSSR count). The number of nitrogens with zero attached hydrogens (tertiary/aromatic N) is 2. The third-order valence-corrected chi connectivity index (χ3v) is 11.2. The van der Waals surface area contributed by atoms with E-state index in [0.29, 0.717) is 0 Å². The first kappa shape index (κ1) is 12.1. The van der Waals surface area contributed by atoms with E-state index in [4.69, 9.17) is 0 Å². The van der Waals surface area contributed by atoms with E-state index in [9.17, 15) is 0 Å². The van der Waals surface area contributed by atoms with Gasteiger partial charge in [0, 0.05) is 0 Å². The predicted molar refractivity (Wildman–Crippen MR) is 58.0 cm³/mol. The van der Waals surface area contributed by atoms with E-state index in [1.807, 2.05) is 12.3 Å². The fraction of sp³-hybridized carbons (Fsp3) is 0.667. The van der Waals surface area contributed by atoms with Crippen molar-refractivity contribution in [2.75, 3.05) is 14.1 Å². The van der Waals surface area contributed by atoms with Gasteiger partial charge in [-0.2, -0.15) is 0 Å². The molecule has 68 valence electrons. The molecule has 0 saturated carbocycles. The first-order chi connectivity index (χ1) is 5.76. The molecule has 0 saturated heterocycles. The summed E-state index contributed by atoms with van der Waals surface area (Å²) >= 11 is -1.31. The van der Waals surface area contributed by atoms with Crippen molar-refractivity contribution in [3.63, 3.8) is 0 Å². The van der Waals surface area contributed by atoms with Crippen LogP contribution in [0.2, 0.25) is 8.35 Å². The van der Waals surface area contributed by atoms with Crippen molar-refractivity contribution < 1.29 is 0 Å². The summed E-state index contributed by atoms with van der Waals surface area (Å²) in [7, 11) is 4.00. The van der Waals surface area contributed by atoms with Crippen molar-refractivity contribution in [2.45, 2.75) is 22.2 Å². The summed E-state index contributed by atoms with van der Waals surface area (Å²) in [6.07, 6.45) is 6.03. The Morgan fingerprint density at radius 1 is 1.33 bits per heavy atom. The van der Waals surface area contributed by atoms with Gasteiger partial charge in [-0.05, 0) is 0 Å². The van der Waals surface area contributed by atoms with E-state index < -0.39 is 21.7 Å². The maximum absolute atomic E-state index is 3.90. The van der Waals surface area contributed by atoms with Crippen LogP contribution in [0, 0.1) is 0 Å². The summed E-state index contributed by atoms with van der Waals surface area (Å²) in [6, 6.07) is 0. The van der Waals surface area contributed by atoms with Gasteiger partial charge in [0.1, 0.15) is 0 Å². The Kier molecular flexibility index (Phi) is 7.77. The Hall–Kier alpha value is 0.0801. The van der Waals surface area contributed by atoms with Crippen molar-refractivity contribution in [2.24, 2.45) is 4.99 Å². The molecule has 2 nitrogen and oxygen atoms in total. The van der Waals surface area contributed by atoms with Crippen LogP contribution in [0.4, 0.5) is 0 Å². The fourth-order valence-corrected chi connectivity index (χ4v) is 7.16. The Morgan fingerprint density at radius 3 is 2.33 bits per heavy atom. The zero-order valence-corrected chi connectivity index (χ0v) is 11.9. The molecule has 0 aromatic carbocycles. The van der Waals surface area contributed by atoms with E-state index in [2.05, 4.69) is 35.0 Å². The van der Waals surface area contributed by atoms with Crippen LogP contribution in [-0.2, 0) is 0 Å². The topological polar surface area (TPSA) is 15.6 Å². The normalized spacial score (nSPS) is 11.3. The molecule has 0 atom stereocenters. The average molecular weight is 270 g/mol. The molecule has 0 aliphatic carbocycles. The van der Waals surface area contributed by atoms with E-state index in [-0.39, 0.29) is 0 Å². The van der Waals surface area contributed by atoms with Crippen molar-refractivity contribution in [1.82, 2.24) is 2.89 Å². The zero-order valence-electron chi connectivity index (χ0n) is 8.62.